The van der Waals surface area contributed by atoms with Crippen LogP contribution in [0.15, 0.2) is 42.5 Å². The van der Waals surface area contributed by atoms with Gasteiger partial charge >= 0.3 is 0 Å². The highest BCUT2D eigenvalue weighted by Gasteiger charge is 2.22. The van der Waals surface area contributed by atoms with E-state index in [1.165, 1.54) is 17.4 Å². The fraction of sp³-hybridized carbons (Fsp3) is 0.190. The van der Waals surface area contributed by atoms with E-state index in [2.05, 4.69) is 10.3 Å². The number of carbonyl (C=O) groups excluding carboxylic acids is 2. The monoisotopic (exact) mass is 413 g/mol. The minimum absolute atomic E-state index is 0.0882. The highest BCUT2D eigenvalue weighted by atomic mass is 32.1. The van der Waals surface area contributed by atoms with E-state index in [4.69, 9.17) is 0 Å². The van der Waals surface area contributed by atoms with Gasteiger partial charge in [-0.3, -0.25) is 14.9 Å². The second-order valence-electron chi connectivity index (χ2n) is 6.70. The minimum atomic E-state index is -0.947. The molecule has 0 unspecified atom stereocenters. The van der Waals surface area contributed by atoms with E-state index in [0.717, 1.165) is 29.1 Å². The average Bonchev–Trinajstić information content (AvgIpc) is 3.29. The molecule has 1 aliphatic heterocycles. The van der Waals surface area contributed by atoms with Crippen LogP contribution >= 0.6 is 11.3 Å². The van der Waals surface area contributed by atoms with Gasteiger partial charge < -0.3 is 4.90 Å². The van der Waals surface area contributed by atoms with Crippen LogP contribution in [0.3, 0.4) is 0 Å². The lowest BCUT2D eigenvalue weighted by atomic mass is 10.1. The van der Waals surface area contributed by atoms with Crippen molar-refractivity contribution in [3.63, 3.8) is 0 Å². The summed E-state index contributed by atoms with van der Waals surface area (Å²) in [5.74, 6) is -2.12. The molecule has 0 radical (unpaired) electrons. The van der Waals surface area contributed by atoms with Crippen LogP contribution in [-0.4, -0.2) is 23.3 Å². The summed E-state index contributed by atoms with van der Waals surface area (Å²) in [6.45, 7) is 2.49. The summed E-state index contributed by atoms with van der Waals surface area (Å²) >= 11 is 1.25. The number of thiazole rings is 1. The molecule has 0 aliphatic carbocycles. The molecule has 4 rings (SSSR count). The number of aromatic nitrogens is 1. The zero-order valence-corrected chi connectivity index (χ0v) is 16.4. The SMILES string of the molecule is Cc1sc(NC(=O)c2ccc(N3CCCC3=O)cc2)nc1-c1ccc(F)c(F)c1. The van der Waals surface area contributed by atoms with Crippen molar-refractivity contribution in [2.75, 3.05) is 16.8 Å². The van der Waals surface area contributed by atoms with Gasteiger partial charge in [-0.1, -0.05) is 0 Å². The average molecular weight is 413 g/mol. The summed E-state index contributed by atoms with van der Waals surface area (Å²) in [4.78, 5) is 31.2. The summed E-state index contributed by atoms with van der Waals surface area (Å²) in [6.07, 6.45) is 1.39. The van der Waals surface area contributed by atoms with Crippen molar-refractivity contribution in [2.24, 2.45) is 0 Å². The number of halogens is 2. The number of nitrogens with zero attached hydrogens (tertiary/aromatic N) is 2. The largest absolute Gasteiger partial charge is 0.312 e. The van der Waals surface area contributed by atoms with Gasteiger partial charge in [-0.2, -0.15) is 0 Å². The molecule has 148 valence electrons. The molecule has 1 N–H and O–H groups in total. The van der Waals surface area contributed by atoms with E-state index in [1.54, 1.807) is 36.1 Å². The first-order valence-corrected chi connectivity index (χ1v) is 9.88. The van der Waals surface area contributed by atoms with Crippen LogP contribution in [0.25, 0.3) is 11.3 Å². The summed E-state index contributed by atoms with van der Waals surface area (Å²) in [5.41, 5.74) is 2.14. The lowest BCUT2D eigenvalue weighted by molar-refractivity contribution is -0.117. The fourth-order valence-electron chi connectivity index (χ4n) is 3.24. The molecule has 0 bridgehead atoms. The summed E-state index contributed by atoms with van der Waals surface area (Å²) in [5, 5.41) is 3.10. The van der Waals surface area contributed by atoms with Gasteiger partial charge in [-0.25, -0.2) is 13.8 Å². The maximum Gasteiger partial charge on any atom is 0.257 e. The Balaban J connectivity index is 1.50. The standard InChI is InChI=1S/C21H17F2N3O2S/c1-12-19(14-6-9-16(22)17(23)11-14)24-21(29-12)25-20(28)13-4-7-15(8-5-13)26-10-2-3-18(26)27/h4-9,11H,2-3,10H2,1H3,(H,24,25,28). The molecule has 8 heteroatoms. The Hall–Kier alpha value is -3.13. The zero-order valence-electron chi connectivity index (χ0n) is 15.5. The number of amides is 2. The van der Waals surface area contributed by atoms with Crippen molar-refractivity contribution in [3.8, 4) is 11.3 Å². The highest BCUT2D eigenvalue weighted by molar-refractivity contribution is 7.16. The van der Waals surface area contributed by atoms with Crippen LogP contribution in [0.1, 0.15) is 28.1 Å². The summed E-state index contributed by atoms with van der Waals surface area (Å²) in [7, 11) is 0. The van der Waals surface area contributed by atoms with E-state index in [9.17, 15) is 18.4 Å². The highest BCUT2D eigenvalue weighted by Crippen LogP contribution is 2.31. The van der Waals surface area contributed by atoms with Crippen molar-refractivity contribution in [3.05, 3.63) is 64.5 Å². The molecule has 0 spiro atoms. The third-order valence-electron chi connectivity index (χ3n) is 4.72. The molecule has 2 amide bonds. The molecule has 0 atom stereocenters. The van der Waals surface area contributed by atoms with E-state index < -0.39 is 11.6 Å². The summed E-state index contributed by atoms with van der Waals surface area (Å²) in [6, 6.07) is 10.4. The van der Waals surface area contributed by atoms with E-state index in [-0.39, 0.29) is 11.8 Å². The van der Waals surface area contributed by atoms with Gasteiger partial charge in [0.25, 0.3) is 5.91 Å². The van der Waals surface area contributed by atoms with E-state index in [1.807, 2.05) is 0 Å². The predicted octanol–water partition coefficient (Wildman–Crippen LogP) is 4.78. The van der Waals surface area contributed by atoms with Crippen LogP contribution in [0.4, 0.5) is 19.6 Å². The Labute approximate surface area is 170 Å². The smallest absolute Gasteiger partial charge is 0.257 e. The number of aryl methyl sites for hydroxylation is 1. The molecule has 2 heterocycles. The molecular formula is C21H17F2N3O2S. The van der Waals surface area contributed by atoms with Gasteiger partial charge in [-0.05, 0) is 55.8 Å². The predicted molar refractivity (Wildman–Crippen MR) is 108 cm³/mol. The number of anilines is 2. The lowest BCUT2D eigenvalue weighted by Gasteiger charge is -2.15. The van der Waals surface area contributed by atoms with Crippen LogP contribution in [0.5, 0.6) is 0 Å². The summed E-state index contributed by atoms with van der Waals surface area (Å²) < 4.78 is 26.7. The molecule has 1 saturated heterocycles. The Bertz CT molecular complexity index is 1100. The topological polar surface area (TPSA) is 62.3 Å². The van der Waals surface area contributed by atoms with Crippen molar-refractivity contribution in [1.82, 2.24) is 4.98 Å². The van der Waals surface area contributed by atoms with Crippen LogP contribution < -0.4 is 10.2 Å². The Morgan fingerprint density at radius 2 is 1.90 bits per heavy atom. The molecule has 1 aromatic heterocycles. The number of benzene rings is 2. The van der Waals surface area contributed by atoms with Crippen LogP contribution in [0.2, 0.25) is 0 Å². The normalized spacial score (nSPS) is 13.8. The third-order valence-corrected chi connectivity index (χ3v) is 5.61. The first kappa shape index (κ1) is 19.2. The molecule has 0 saturated carbocycles. The number of hydrogen-bond donors (Lipinski definition) is 1. The van der Waals surface area contributed by atoms with E-state index in [0.29, 0.717) is 34.9 Å². The maximum absolute atomic E-state index is 13.5. The van der Waals surface area contributed by atoms with Crippen LogP contribution in [0, 0.1) is 18.6 Å². The lowest BCUT2D eigenvalue weighted by Crippen LogP contribution is -2.23. The van der Waals surface area contributed by atoms with Crippen molar-refractivity contribution in [1.29, 1.82) is 0 Å². The number of carbonyl (C=O) groups is 2. The fourth-order valence-corrected chi connectivity index (χ4v) is 4.08. The molecular weight excluding hydrogens is 396 g/mol. The second kappa shape index (κ2) is 7.71. The maximum atomic E-state index is 13.5. The van der Waals surface area contributed by atoms with Crippen molar-refractivity contribution >= 4 is 34.0 Å². The quantitative estimate of drug-likeness (QED) is 0.670. The molecule has 2 aromatic carbocycles. The second-order valence-corrected chi connectivity index (χ2v) is 7.91. The third kappa shape index (κ3) is 3.88. The molecule has 3 aromatic rings. The van der Waals surface area contributed by atoms with Gasteiger partial charge in [0.1, 0.15) is 0 Å². The van der Waals surface area contributed by atoms with E-state index >= 15 is 0 Å². The minimum Gasteiger partial charge on any atom is -0.312 e. The van der Waals surface area contributed by atoms with Crippen molar-refractivity contribution in [2.45, 2.75) is 19.8 Å². The molecule has 1 fully saturated rings. The van der Waals surface area contributed by atoms with Crippen molar-refractivity contribution < 1.29 is 18.4 Å². The number of rotatable bonds is 4. The van der Waals surface area contributed by atoms with Gasteiger partial charge in [0.2, 0.25) is 5.91 Å². The molecule has 5 nitrogen and oxygen atoms in total. The first-order valence-electron chi connectivity index (χ1n) is 9.07. The Kier molecular flexibility index (Phi) is 5.10. The van der Waals surface area contributed by atoms with Gasteiger partial charge in [0.05, 0.1) is 5.69 Å². The number of nitrogens with one attached hydrogen (secondary N) is 1. The van der Waals surface area contributed by atoms with Crippen LogP contribution in [-0.2, 0) is 4.79 Å². The number of hydrogen-bond acceptors (Lipinski definition) is 4. The first-order chi connectivity index (χ1) is 13.9. The molecule has 29 heavy (non-hydrogen) atoms. The van der Waals surface area contributed by atoms with Gasteiger partial charge in [0.15, 0.2) is 16.8 Å². The van der Waals surface area contributed by atoms with Gasteiger partial charge in [-0.15, -0.1) is 11.3 Å². The zero-order chi connectivity index (χ0) is 20.5. The molecule has 1 aliphatic rings. The Morgan fingerprint density at radius 1 is 1.14 bits per heavy atom. The van der Waals surface area contributed by atoms with Gasteiger partial charge in [0, 0.05) is 34.7 Å². The Morgan fingerprint density at radius 3 is 2.55 bits per heavy atom.